The van der Waals surface area contributed by atoms with Crippen molar-refractivity contribution in [2.45, 2.75) is 6.92 Å². The molecule has 0 atom stereocenters. The molecule has 4 N–H and O–H groups in total. The second-order valence-corrected chi connectivity index (χ2v) is 6.51. The molecule has 0 bridgehead atoms. The Morgan fingerprint density at radius 1 is 1.10 bits per heavy atom. The Morgan fingerprint density at radius 2 is 1.86 bits per heavy atom. The van der Waals surface area contributed by atoms with Gasteiger partial charge in [0.15, 0.2) is 0 Å². The summed E-state index contributed by atoms with van der Waals surface area (Å²) in [6.45, 7) is 1.72. The third-order valence-corrected chi connectivity index (χ3v) is 4.10. The lowest BCUT2D eigenvalue weighted by Crippen LogP contribution is -2.21. The number of hydrogen-bond donors (Lipinski definition) is 2. The molecule has 0 saturated carbocycles. The molecule has 2 aromatic heterocycles. The third kappa shape index (κ3) is 4.30. The SMILES string of the molecule is Cc1nc(N)nc(-c2ccc(C(=O)N(C)C)cc2F)c1C#Cc1ccc(N)nc1. The molecule has 0 aliphatic heterocycles. The van der Waals surface area contributed by atoms with Crippen LogP contribution in [0.1, 0.15) is 27.2 Å². The molecule has 0 unspecified atom stereocenters. The van der Waals surface area contributed by atoms with Gasteiger partial charge in [0.05, 0.1) is 17.0 Å². The highest BCUT2D eigenvalue weighted by Gasteiger charge is 2.17. The largest absolute Gasteiger partial charge is 0.384 e. The maximum absolute atomic E-state index is 14.9. The molecule has 0 aliphatic rings. The van der Waals surface area contributed by atoms with E-state index in [-0.39, 0.29) is 28.7 Å². The predicted octanol–water partition coefficient (Wildman–Crippen LogP) is 2.25. The lowest BCUT2D eigenvalue weighted by atomic mass is 10.0. The zero-order valence-corrected chi connectivity index (χ0v) is 16.2. The van der Waals surface area contributed by atoms with E-state index in [9.17, 15) is 9.18 Å². The van der Waals surface area contributed by atoms with Crippen molar-refractivity contribution in [2.75, 3.05) is 25.6 Å². The molecular formula is C21H19FN6O. The fourth-order valence-electron chi connectivity index (χ4n) is 2.65. The number of amides is 1. The van der Waals surface area contributed by atoms with Gasteiger partial charge in [0, 0.05) is 37.0 Å². The molecule has 8 heteroatoms. The van der Waals surface area contributed by atoms with Crippen LogP contribution < -0.4 is 11.5 Å². The van der Waals surface area contributed by atoms with Gasteiger partial charge in [-0.15, -0.1) is 0 Å². The fourth-order valence-corrected chi connectivity index (χ4v) is 2.65. The summed E-state index contributed by atoms with van der Waals surface area (Å²) in [6.07, 6.45) is 1.54. The van der Waals surface area contributed by atoms with Gasteiger partial charge < -0.3 is 16.4 Å². The predicted molar refractivity (Wildman–Crippen MR) is 109 cm³/mol. The van der Waals surface area contributed by atoms with E-state index >= 15 is 0 Å². The molecular weight excluding hydrogens is 371 g/mol. The van der Waals surface area contributed by atoms with Gasteiger partial charge in [-0.3, -0.25) is 4.79 Å². The summed E-state index contributed by atoms with van der Waals surface area (Å²) < 4.78 is 14.9. The number of hydrogen-bond acceptors (Lipinski definition) is 6. The number of aromatic nitrogens is 3. The lowest BCUT2D eigenvalue weighted by Gasteiger charge is -2.12. The van der Waals surface area contributed by atoms with Crippen molar-refractivity contribution >= 4 is 17.7 Å². The molecule has 3 rings (SSSR count). The number of pyridine rings is 1. The van der Waals surface area contributed by atoms with Crippen molar-refractivity contribution in [2.24, 2.45) is 0 Å². The minimum atomic E-state index is -0.604. The van der Waals surface area contributed by atoms with E-state index in [1.807, 2.05) is 0 Å². The minimum absolute atomic E-state index is 0.00467. The standard InChI is InChI=1S/C21H19FN6O/c1-12-15(7-4-13-5-9-18(23)25-11-13)19(27-21(24)26-12)16-8-6-14(10-17(16)22)20(29)28(2)3/h5-6,8-11H,1-3H3,(H2,23,25)(H2,24,26,27). The molecule has 0 fully saturated rings. The summed E-state index contributed by atoms with van der Waals surface area (Å²) in [5.41, 5.74) is 13.6. The first-order chi connectivity index (χ1) is 13.8. The van der Waals surface area contributed by atoms with Crippen molar-refractivity contribution in [1.29, 1.82) is 0 Å². The van der Waals surface area contributed by atoms with Crippen LogP contribution in [0.15, 0.2) is 36.5 Å². The van der Waals surface area contributed by atoms with E-state index in [1.54, 1.807) is 33.2 Å². The number of nitrogens with two attached hydrogens (primary N) is 2. The number of aryl methyl sites for hydroxylation is 1. The van der Waals surface area contributed by atoms with Crippen molar-refractivity contribution in [3.63, 3.8) is 0 Å². The first-order valence-electron chi connectivity index (χ1n) is 8.65. The van der Waals surface area contributed by atoms with E-state index in [4.69, 9.17) is 11.5 Å². The van der Waals surface area contributed by atoms with Crippen LogP contribution in [0.5, 0.6) is 0 Å². The van der Waals surface area contributed by atoms with Gasteiger partial charge in [-0.2, -0.15) is 0 Å². The van der Waals surface area contributed by atoms with Gasteiger partial charge in [0.2, 0.25) is 5.95 Å². The summed E-state index contributed by atoms with van der Waals surface area (Å²) in [4.78, 5) is 25.8. The zero-order chi connectivity index (χ0) is 21.1. The zero-order valence-electron chi connectivity index (χ0n) is 16.2. The summed E-state index contributed by atoms with van der Waals surface area (Å²) in [5.74, 6) is 5.41. The van der Waals surface area contributed by atoms with Crippen LogP contribution in [-0.4, -0.2) is 39.9 Å². The van der Waals surface area contributed by atoms with Gasteiger partial charge in [-0.05, 0) is 37.3 Å². The first kappa shape index (κ1) is 19.8. The Labute approximate surface area is 167 Å². The second-order valence-electron chi connectivity index (χ2n) is 6.51. The molecule has 2 heterocycles. The molecule has 3 aromatic rings. The maximum Gasteiger partial charge on any atom is 0.253 e. The lowest BCUT2D eigenvalue weighted by molar-refractivity contribution is 0.0827. The van der Waals surface area contributed by atoms with Crippen LogP contribution in [0.2, 0.25) is 0 Å². The molecule has 146 valence electrons. The Balaban J connectivity index is 2.11. The Bertz CT molecular complexity index is 1150. The highest BCUT2D eigenvalue weighted by Crippen LogP contribution is 2.27. The van der Waals surface area contributed by atoms with Crippen LogP contribution in [0.4, 0.5) is 16.2 Å². The maximum atomic E-state index is 14.9. The molecule has 1 amide bonds. The number of carbonyl (C=O) groups excluding carboxylic acids is 1. The highest BCUT2D eigenvalue weighted by molar-refractivity contribution is 5.94. The van der Waals surface area contributed by atoms with Crippen LogP contribution in [0.3, 0.4) is 0 Å². The van der Waals surface area contributed by atoms with Crippen LogP contribution in [0, 0.1) is 24.6 Å². The number of nitrogens with zero attached hydrogens (tertiary/aromatic N) is 4. The molecule has 7 nitrogen and oxygen atoms in total. The Morgan fingerprint density at radius 3 is 2.48 bits per heavy atom. The second kappa shape index (κ2) is 7.94. The molecule has 0 radical (unpaired) electrons. The molecule has 0 spiro atoms. The van der Waals surface area contributed by atoms with E-state index in [0.717, 1.165) is 0 Å². The van der Waals surface area contributed by atoms with E-state index in [1.165, 1.54) is 29.3 Å². The van der Waals surface area contributed by atoms with Gasteiger partial charge in [-0.25, -0.2) is 19.3 Å². The van der Waals surface area contributed by atoms with Crippen molar-refractivity contribution < 1.29 is 9.18 Å². The van der Waals surface area contributed by atoms with Gasteiger partial charge in [0.25, 0.3) is 5.91 Å². The van der Waals surface area contributed by atoms with Crippen LogP contribution in [0.25, 0.3) is 11.3 Å². The monoisotopic (exact) mass is 390 g/mol. The number of halogens is 1. The van der Waals surface area contributed by atoms with Gasteiger partial charge in [0.1, 0.15) is 11.6 Å². The summed E-state index contributed by atoms with van der Waals surface area (Å²) in [7, 11) is 3.20. The molecule has 1 aromatic carbocycles. The van der Waals surface area contributed by atoms with Crippen molar-refractivity contribution in [3.8, 4) is 23.1 Å². The Hall–Kier alpha value is -3.99. The van der Waals surface area contributed by atoms with Crippen LogP contribution >= 0.6 is 0 Å². The van der Waals surface area contributed by atoms with Gasteiger partial charge >= 0.3 is 0 Å². The van der Waals surface area contributed by atoms with E-state index in [2.05, 4.69) is 26.8 Å². The average molecular weight is 390 g/mol. The quantitative estimate of drug-likeness (QED) is 0.649. The van der Waals surface area contributed by atoms with E-state index < -0.39 is 5.82 Å². The highest BCUT2D eigenvalue weighted by atomic mass is 19.1. The minimum Gasteiger partial charge on any atom is -0.384 e. The first-order valence-corrected chi connectivity index (χ1v) is 8.65. The molecule has 0 saturated heterocycles. The van der Waals surface area contributed by atoms with E-state index in [0.29, 0.717) is 22.6 Å². The van der Waals surface area contributed by atoms with Crippen molar-refractivity contribution in [3.05, 3.63) is 64.7 Å². The number of nitrogen functional groups attached to an aromatic ring is 2. The summed E-state index contributed by atoms with van der Waals surface area (Å²) >= 11 is 0. The Kier molecular flexibility index (Phi) is 5.41. The number of rotatable bonds is 2. The van der Waals surface area contributed by atoms with Gasteiger partial charge in [-0.1, -0.05) is 11.8 Å². The topological polar surface area (TPSA) is 111 Å². The smallest absolute Gasteiger partial charge is 0.253 e. The number of benzene rings is 1. The molecule has 29 heavy (non-hydrogen) atoms. The third-order valence-electron chi connectivity index (χ3n) is 4.10. The molecule has 0 aliphatic carbocycles. The summed E-state index contributed by atoms with van der Waals surface area (Å²) in [5, 5.41) is 0. The fraction of sp³-hybridized carbons (Fsp3) is 0.143. The van der Waals surface area contributed by atoms with Crippen molar-refractivity contribution in [1.82, 2.24) is 19.9 Å². The average Bonchev–Trinajstić information content (AvgIpc) is 2.67. The number of carbonyl (C=O) groups is 1. The number of anilines is 2. The summed E-state index contributed by atoms with van der Waals surface area (Å²) in [6, 6.07) is 7.56. The normalized spacial score (nSPS) is 10.2. The van der Waals surface area contributed by atoms with Crippen LogP contribution in [-0.2, 0) is 0 Å².